The van der Waals surface area contributed by atoms with Gasteiger partial charge >= 0.3 is 0 Å². The van der Waals surface area contributed by atoms with Gasteiger partial charge in [-0.15, -0.1) is 0 Å². The van der Waals surface area contributed by atoms with Gasteiger partial charge < -0.3 is 10.2 Å². The zero-order valence-electron chi connectivity index (χ0n) is 14.3. The highest BCUT2D eigenvalue weighted by Crippen LogP contribution is 2.18. The van der Waals surface area contributed by atoms with Crippen LogP contribution in [0, 0.1) is 19.8 Å². The Labute approximate surface area is 133 Å². The maximum atomic E-state index is 12.2. The van der Waals surface area contributed by atoms with Gasteiger partial charge in [-0.1, -0.05) is 0 Å². The Morgan fingerprint density at radius 2 is 2.00 bits per heavy atom. The number of aromatic nitrogens is 3. The lowest BCUT2D eigenvalue weighted by Gasteiger charge is -2.33. The predicted octanol–water partition coefficient (Wildman–Crippen LogP) is 1.52. The molecule has 0 saturated carbocycles. The van der Waals surface area contributed by atoms with E-state index < -0.39 is 0 Å². The second-order valence-electron chi connectivity index (χ2n) is 6.48. The quantitative estimate of drug-likeness (QED) is 0.810. The Bertz CT molecular complexity index is 489. The first kappa shape index (κ1) is 16.9. The molecule has 1 N–H and O–H groups in total. The van der Waals surface area contributed by atoms with Crippen LogP contribution in [0.3, 0.4) is 0 Å². The molecule has 0 aromatic carbocycles. The third-order valence-electron chi connectivity index (χ3n) is 4.44. The molecule has 2 rings (SSSR count). The highest BCUT2D eigenvalue weighted by Gasteiger charge is 2.25. The van der Waals surface area contributed by atoms with Crippen LogP contribution in [0.15, 0.2) is 0 Å². The summed E-state index contributed by atoms with van der Waals surface area (Å²) in [5.41, 5.74) is 0. The Hall–Kier alpha value is -1.43. The molecule has 1 saturated heterocycles. The zero-order valence-corrected chi connectivity index (χ0v) is 14.3. The fourth-order valence-electron chi connectivity index (χ4n) is 3.04. The van der Waals surface area contributed by atoms with Crippen molar-refractivity contribution in [2.75, 3.05) is 19.6 Å². The average Bonchev–Trinajstić information content (AvgIpc) is 2.81. The first-order valence-corrected chi connectivity index (χ1v) is 8.37. The van der Waals surface area contributed by atoms with Crippen LogP contribution in [0.2, 0.25) is 0 Å². The van der Waals surface area contributed by atoms with Crippen molar-refractivity contribution in [2.24, 2.45) is 5.92 Å². The van der Waals surface area contributed by atoms with Crippen molar-refractivity contribution >= 4 is 5.91 Å². The van der Waals surface area contributed by atoms with E-state index >= 15 is 0 Å². The number of hydrogen-bond acceptors (Lipinski definition) is 4. The van der Waals surface area contributed by atoms with E-state index in [1.54, 1.807) is 0 Å². The molecule has 1 fully saturated rings. The number of likely N-dealkylation sites (tertiary alicyclic amines) is 1. The summed E-state index contributed by atoms with van der Waals surface area (Å²) >= 11 is 0. The molecule has 124 valence electrons. The summed E-state index contributed by atoms with van der Waals surface area (Å²) in [5, 5.41) is 7.40. The van der Waals surface area contributed by atoms with Crippen molar-refractivity contribution in [1.29, 1.82) is 0 Å². The van der Waals surface area contributed by atoms with E-state index in [0.717, 1.165) is 50.5 Å². The molecule has 0 aliphatic carbocycles. The van der Waals surface area contributed by atoms with Crippen molar-refractivity contribution in [2.45, 2.75) is 59.5 Å². The van der Waals surface area contributed by atoms with E-state index in [-0.39, 0.29) is 11.8 Å². The second kappa shape index (κ2) is 7.72. The fourth-order valence-corrected chi connectivity index (χ4v) is 3.04. The number of piperidine rings is 1. The number of carbonyl (C=O) groups excluding carboxylic acids is 1. The van der Waals surface area contributed by atoms with E-state index in [9.17, 15) is 4.79 Å². The van der Waals surface area contributed by atoms with E-state index in [1.165, 1.54) is 0 Å². The highest BCUT2D eigenvalue weighted by atomic mass is 16.1. The minimum absolute atomic E-state index is 0.186. The van der Waals surface area contributed by atoms with Gasteiger partial charge in [0.2, 0.25) is 5.91 Å². The molecule has 1 aromatic rings. The van der Waals surface area contributed by atoms with Crippen LogP contribution in [0.5, 0.6) is 0 Å². The molecule has 1 aliphatic rings. The van der Waals surface area contributed by atoms with Gasteiger partial charge in [-0.25, -0.2) is 4.98 Å². The van der Waals surface area contributed by atoms with E-state index in [0.29, 0.717) is 12.6 Å². The van der Waals surface area contributed by atoms with Crippen LogP contribution in [0.1, 0.15) is 44.8 Å². The summed E-state index contributed by atoms with van der Waals surface area (Å²) in [5.74, 6) is 2.14. The van der Waals surface area contributed by atoms with Gasteiger partial charge in [0.05, 0.1) is 0 Å². The molecule has 1 aromatic heterocycles. The van der Waals surface area contributed by atoms with Crippen LogP contribution < -0.4 is 5.32 Å². The fraction of sp³-hybridized carbons (Fsp3) is 0.812. The number of amides is 1. The van der Waals surface area contributed by atoms with Crippen LogP contribution in [-0.4, -0.2) is 51.2 Å². The third kappa shape index (κ3) is 4.53. The largest absolute Gasteiger partial charge is 0.356 e. The molecule has 1 amide bonds. The molecular weight excluding hydrogens is 278 g/mol. The Balaban J connectivity index is 1.65. The lowest BCUT2D eigenvalue weighted by molar-refractivity contribution is -0.126. The number of nitrogens with one attached hydrogen (secondary N) is 1. The summed E-state index contributed by atoms with van der Waals surface area (Å²) in [7, 11) is 0. The molecule has 0 spiro atoms. The normalized spacial score (nSPS) is 17.1. The Kier molecular flexibility index (Phi) is 5.94. The maximum Gasteiger partial charge on any atom is 0.223 e. The molecule has 0 unspecified atom stereocenters. The minimum atomic E-state index is 0.186. The summed E-state index contributed by atoms with van der Waals surface area (Å²) in [6, 6.07) is 0.582. The third-order valence-corrected chi connectivity index (χ3v) is 4.44. The van der Waals surface area contributed by atoms with Gasteiger partial charge in [-0.3, -0.25) is 9.48 Å². The highest BCUT2D eigenvalue weighted by molar-refractivity contribution is 5.78. The molecule has 22 heavy (non-hydrogen) atoms. The number of hydrogen-bond donors (Lipinski definition) is 1. The average molecular weight is 307 g/mol. The summed E-state index contributed by atoms with van der Waals surface area (Å²) < 4.78 is 1.91. The van der Waals surface area contributed by atoms with Crippen molar-refractivity contribution in [3.8, 4) is 0 Å². The summed E-state index contributed by atoms with van der Waals surface area (Å²) in [6.45, 7) is 11.9. The van der Waals surface area contributed by atoms with Crippen LogP contribution >= 0.6 is 0 Å². The van der Waals surface area contributed by atoms with Gasteiger partial charge in [0.15, 0.2) is 0 Å². The Morgan fingerprint density at radius 1 is 1.32 bits per heavy atom. The smallest absolute Gasteiger partial charge is 0.223 e. The van der Waals surface area contributed by atoms with Crippen molar-refractivity contribution < 1.29 is 4.79 Å². The van der Waals surface area contributed by atoms with E-state index in [2.05, 4.69) is 34.1 Å². The lowest BCUT2D eigenvalue weighted by Crippen LogP contribution is -2.43. The first-order valence-electron chi connectivity index (χ1n) is 8.37. The Morgan fingerprint density at radius 3 is 2.55 bits per heavy atom. The minimum Gasteiger partial charge on any atom is -0.356 e. The predicted molar refractivity (Wildman–Crippen MR) is 86.6 cm³/mol. The summed E-state index contributed by atoms with van der Waals surface area (Å²) in [6.07, 6.45) is 2.84. The molecule has 6 heteroatoms. The van der Waals surface area contributed by atoms with Gasteiger partial charge in [0.1, 0.15) is 11.6 Å². The van der Waals surface area contributed by atoms with Crippen LogP contribution in [-0.2, 0) is 11.3 Å². The van der Waals surface area contributed by atoms with Gasteiger partial charge in [0.25, 0.3) is 0 Å². The maximum absolute atomic E-state index is 12.2. The molecular formula is C16H29N5O. The second-order valence-corrected chi connectivity index (χ2v) is 6.48. The standard InChI is InChI=1S/C16H29N5O/c1-12(2)20-10-6-15(7-11-20)16(22)17-8-5-9-21-14(4)18-13(3)19-21/h12,15H,5-11H2,1-4H3,(H,17,22). The van der Waals surface area contributed by atoms with Gasteiger partial charge in [-0.2, -0.15) is 5.10 Å². The van der Waals surface area contributed by atoms with E-state index in [1.807, 2.05) is 18.5 Å². The van der Waals surface area contributed by atoms with Crippen molar-refractivity contribution in [3.05, 3.63) is 11.6 Å². The molecule has 2 heterocycles. The molecule has 1 aliphatic heterocycles. The van der Waals surface area contributed by atoms with Crippen molar-refractivity contribution in [3.63, 3.8) is 0 Å². The summed E-state index contributed by atoms with van der Waals surface area (Å²) in [4.78, 5) is 18.9. The lowest BCUT2D eigenvalue weighted by atomic mass is 9.95. The number of nitrogens with zero attached hydrogens (tertiary/aromatic N) is 4. The number of aryl methyl sites for hydroxylation is 3. The molecule has 0 atom stereocenters. The topological polar surface area (TPSA) is 63.1 Å². The van der Waals surface area contributed by atoms with Crippen molar-refractivity contribution in [1.82, 2.24) is 25.0 Å². The first-order chi connectivity index (χ1) is 10.5. The zero-order chi connectivity index (χ0) is 16.1. The van der Waals surface area contributed by atoms with E-state index in [4.69, 9.17) is 0 Å². The number of carbonyl (C=O) groups is 1. The van der Waals surface area contributed by atoms with Crippen LogP contribution in [0.25, 0.3) is 0 Å². The van der Waals surface area contributed by atoms with Gasteiger partial charge in [0, 0.05) is 25.0 Å². The van der Waals surface area contributed by atoms with Crippen LogP contribution in [0.4, 0.5) is 0 Å². The van der Waals surface area contributed by atoms with Gasteiger partial charge in [-0.05, 0) is 60.0 Å². The SMILES string of the molecule is Cc1nc(C)n(CCCNC(=O)C2CCN(C(C)C)CC2)n1. The monoisotopic (exact) mass is 307 g/mol. The number of rotatable bonds is 6. The molecule has 0 bridgehead atoms. The molecule has 0 radical (unpaired) electrons. The molecule has 6 nitrogen and oxygen atoms in total.